The second-order valence-corrected chi connectivity index (χ2v) is 6.03. The van der Waals surface area contributed by atoms with E-state index in [9.17, 15) is 0 Å². The van der Waals surface area contributed by atoms with Gasteiger partial charge in [-0.05, 0) is 48.6 Å². The van der Waals surface area contributed by atoms with Crippen molar-refractivity contribution in [2.45, 2.75) is 46.1 Å². The van der Waals surface area contributed by atoms with Crippen molar-refractivity contribution in [1.29, 1.82) is 0 Å². The molecule has 2 rings (SSSR count). The molecule has 0 aromatic heterocycles. The van der Waals surface area contributed by atoms with Crippen LogP contribution in [0.4, 0.5) is 0 Å². The Morgan fingerprint density at radius 3 is 2.84 bits per heavy atom. The van der Waals surface area contributed by atoms with E-state index in [1.54, 1.807) is 0 Å². The first-order valence-corrected chi connectivity index (χ1v) is 7.67. The van der Waals surface area contributed by atoms with Gasteiger partial charge in [0.15, 0.2) is 0 Å². The van der Waals surface area contributed by atoms with Crippen molar-refractivity contribution in [3.8, 4) is 5.75 Å². The van der Waals surface area contributed by atoms with Gasteiger partial charge in [-0.15, -0.1) is 0 Å². The zero-order chi connectivity index (χ0) is 13.8. The molecule has 0 saturated carbocycles. The molecule has 1 heterocycles. The highest BCUT2D eigenvalue weighted by Gasteiger charge is 2.19. The molecule has 1 aromatic rings. The Balaban J connectivity index is 2.07. The van der Waals surface area contributed by atoms with Gasteiger partial charge in [0.25, 0.3) is 0 Å². The minimum absolute atomic E-state index is 0.557. The van der Waals surface area contributed by atoms with Gasteiger partial charge in [-0.1, -0.05) is 32.4 Å². The maximum absolute atomic E-state index is 6.20. The van der Waals surface area contributed by atoms with Crippen molar-refractivity contribution in [1.82, 2.24) is 5.32 Å². The van der Waals surface area contributed by atoms with Crippen LogP contribution >= 0.6 is 11.6 Å². The Kier molecular flexibility index (Phi) is 5.12. The van der Waals surface area contributed by atoms with E-state index in [-0.39, 0.29) is 0 Å². The minimum atomic E-state index is 0.557. The van der Waals surface area contributed by atoms with Gasteiger partial charge in [-0.2, -0.15) is 0 Å². The summed E-state index contributed by atoms with van der Waals surface area (Å²) in [6, 6.07) is 4.66. The quantitative estimate of drug-likeness (QED) is 0.855. The molecule has 0 saturated heterocycles. The molecule has 1 N–H and O–H groups in total. The van der Waals surface area contributed by atoms with Crippen LogP contribution in [0.15, 0.2) is 12.1 Å². The van der Waals surface area contributed by atoms with Crippen LogP contribution in [-0.4, -0.2) is 19.2 Å². The van der Waals surface area contributed by atoms with E-state index in [0.29, 0.717) is 12.0 Å². The third-order valence-electron chi connectivity index (χ3n) is 3.82. The zero-order valence-electron chi connectivity index (χ0n) is 12.1. The van der Waals surface area contributed by atoms with E-state index in [0.717, 1.165) is 43.2 Å². The van der Waals surface area contributed by atoms with E-state index < -0.39 is 0 Å². The van der Waals surface area contributed by atoms with Crippen LogP contribution in [0.25, 0.3) is 0 Å². The van der Waals surface area contributed by atoms with Crippen molar-refractivity contribution in [2.75, 3.05) is 13.2 Å². The van der Waals surface area contributed by atoms with E-state index >= 15 is 0 Å². The number of hydrogen-bond acceptors (Lipinski definition) is 2. The van der Waals surface area contributed by atoms with Crippen molar-refractivity contribution in [3.63, 3.8) is 0 Å². The molecule has 0 aliphatic carbocycles. The number of aryl methyl sites for hydroxylation is 1. The molecule has 3 heteroatoms. The van der Waals surface area contributed by atoms with E-state index in [2.05, 4.69) is 32.2 Å². The van der Waals surface area contributed by atoms with Crippen LogP contribution in [0.2, 0.25) is 5.02 Å². The summed E-state index contributed by atoms with van der Waals surface area (Å²) in [5, 5.41) is 4.40. The van der Waals surface area contributed by atoms with Crippen molar-refractivity contribution >= 4 is 11.6 Å². The fraction of sp³-hybridized carbons (Fsp3) is 0.625. The highest BCUT2D eigenvalue weighted by Crippen LogP contribution is 2.33. The first-order chi connectivity index (χ1) is 9.11. The molecule has 1 aliphatic rings. The van der Waals surface area contributed by atoms with E-state index in [1.807, 2.05) is 6.07 Å². The molecule has 0 spiro atoms. The predicted octanol–water partition coefficient (Wildman–Crippen LogP) is 3.84. The summed E-state index contributed by atoms with van der Waals surface area (Å²) in [5.41, 5.74) is 2.54. The van der Waals surface area contributed by atoms with Crippen molar-refractivity contribution in [3.05, 3.63) is 28.3 Å². The van der Waals surface area contributed by atoms with Gasteiger partial charge in [0.2, 0.25) is 0 Å². The first-order valence-electron chi connectivity index (χ1n) is 7.29. The first kappa shape index (κ1) is 14.7. The fourth-order valence-corrected chi connectivity index (χ4v) is 3.04. The molecule has 1 aliphatic heterocycles. The molecule has 106 valence electrons. The Hall–Kier alpha value is -0.730. The van der Waals surface area contributed by atoms with Crippen LogP contribution in [0, 0.1) is 5.92 Å². The molecular weight excluding hydrogens is 258 g/mol. The molecule has 19 heavy (non-hydrogen) atoms. The van der Waals surface area contributed by atoms with E-state index in [1.165, 1.54) is 11.1 Å². The Labute approximate surface area is 121 Å². The highest BCUT2D eigenvalue weighted by atomic mass is 35.5. The van der Waals surface area contributed by atoms with Gasteiger partial charge < -0.3 is 10.1 Å². The van der Waals surface area contributed by atoms with Crippen LogP contribution < -0.4 is 10.1 Å². The zero-order valence-corrected chi connectivity index (χ0v) is 12.9. The number of ether oxygens (including phenoxy) is 1. The van der Waals surface area contributed by atoms with Crippen LogP contribution in [-0.2, 0) is 12.8 Å². The average Bonchev–Trinajstić information content (AvgIpc) is 2.81. The monoisotopic (exact) mass is 281 g/mol. The number of nitrogens with one attached hydrogen (secondary N) is 1. The van der Waals surface area contributed by atoms with Crippen LogP contribution in [0.3, 0.4) is 0 Å². The molecule has 0 bridgehead atoms. The minimum Gasteiger partial charge on any atom is -0.493 e. The van der Waals surface area contributed by atoms with Gasteiger partial charge >= 0.3 is 0 Å². The van der Waals surface area contributed by atoms with Crippen molar-refractivity contribution in [2.24, 2.45) is 5.92 Å². The Morgan fingerprint density at radius 2 is 2.16 bits per heavy atom. The standard InChI is InChI=1S/C16H24ClNO/c1-4-18-15(11(2)3)6-5-12-9-14(17)10-13-7-8-19-16(12)13/h9-11,15,18H,4-8H2,1-3H3. The molecular formula is C16H24ClNO. The molecule has 0 amide bonds. The summed E-state index contributed by atoms with van der Waals surface area (Å²) >= 11 is 6.20. The maximum Gasteiger partial charge on any atom is 0.125 e. The Bertz CT molecular complexity index is 431. The van der Waals surface area contributed by atoms with Gasteiger partial charge in [0, 0.05) is 17.5 Å². The topological polar surface area (TPSA) is 21.3 Å². The lowest BCUT2D eigenvalue weighted by molar-refractivity contribution is 0.348. The van der Waals surface area contributed by atoms with Gasteiger partial charge in [-0.25, -0.2) is 0 Å². The number of fused-ring (bicyclic) bond motifs is 1. The molecule has 2 nitrogen and oxygen atoms in total. The average molecular weight is 282 g/mol. The summed E-state index contributed by atoms with van der Waals surface area (Å²) in [4.78, 5) is 0. The number of hydrogen-bond donors (Lipinski definition) is 1. The van der Waals surface area contributed by atoms with Crippen LogP contribution in [0.1, 0.15) is 38.3 Å². The molecule has 1 unspecified atom stereocenters. The summed E-state index contributed by atoms with van der Waals surface area (Å²) in [6.45, 7) is 8.52. The lowest BCUT2D eigenvalue weighted by atomic mass is 9.95. The molecule has 1 aromatic carbocycles. The van der Waals surface area contributed by atoms with E-state index in [4.69, 9.17) is 16.3 Å². The molecule has 0 fully saturated rings. The second-order valence-electron chi connectivity index (χ2n) is 5.60. The number of halogens is 1. The maximum atomic E-state index is 6.20. The molecule has 0 radical (unpaired) electrons. The summed E-state index contributed by atoms with van der Waals surface area (Å²) in [6.07, 6.45) is 3.14. The third kappa shape index (κ3) is 3.64. The number of rotatable bonds is 6. The van der Waals surface area contributed by atoms with Gasteiger partial charge in [0.1, 0.15) is 5.75 Å². The van der Waals surface area contributed by atoms with Crippen LogP contribution in [0.5, 0.6) is 5.75 Å². The molecule has 1 atom stereocenters. The number of benzene rings is 1. The largest absolute Gasteiger partial charge is 0.493 e. The lowest BCUT2D eigenvalue weighted by Crippen LogP contribution is -2.34. The smallest absolute Gasteiger partial charge is 0.125 e. The fourth-order valence-electron chi connectivity index (χ4n) is 2.78. The summed E-state index contributed by atoms with van der Waals surface area (Å²) < 4.78 is 5.76. The second kappa shape index (κ2) is 6.62. The SMILES string of the molecule is CCNC(CCc1cc(Cl)cc2c1OCC2)C(C)C. The predicted molar refractivity (Wildman–Crippen MR) is 81.3 cm³/mol. The highest BCUT2D eigenvalue weighted by molar-refractivity contribution is 6.30. The normalized spacial score (nSPS) is 15.4. The Morgan fingerprint density at radius 1 is 1.37 bits per heavy atom. The lowest BCUT2D eigenvalue weighted by Gasteiger charge is -2.22. The van der Waals surface area contributed by atoms with Gasteiger partial charge in [-0.3, -0.25) is 0 Å². The summed E-state index contributed by atoms with van der Waals surface area (Å²) in [7, 11) is 0. The summed E-state index contributed by atoms with van der Waals surface area (Å²) in [5.74, 6) is 1.73. The third-order valence-corrected chi connectivity index (χ3v) is 4.04. The van der Waals surface area contributed by atoms with Gasteiger partial charge in [0.05, 0.1) is 6.61 Å². The van der Waals surface area contributed by atoms with Crippen molar-refractivity contribution < 1.29 is 4.74 Å².